The van der Waals surface area contributed by atoms with Gasteiger partial charge in [-0.1, -0.05) is 18.6 Å². The zero-order chi connectivity index (χ0) is 20.7. The highest BCUT2D eigenvalue weighted by Gasteiger charge is 2.24. The van der Waals surface area contributed by atoms with Crippen LogP contribution in [0.5, 0.6) is 0 Å². The van der Waals surface area contributed by atoms with Gasteiger partial charge in [0, 0.05) is 25.2 Å². The van der Waals surface area contributed by atoms with Crippen LogP contribution in [0, 0.1) is 5.92 Å². The van der Waals surface area contributed by atoms with E-state index in [2.05, 4.69) is 10.2 Å². The van der Waals surface area contributed by atoms with E-state index in [-0.39, 0.29) is 5.91 Å². The molecule has 162 valence electrons. The Morgan fingerprint density at radius 2 is 1.69 bits per heavy atom. The van der Waals surface area contributed by atoms with Crippen LogP contribution < -0.4 is 5.32 Å². The Bertz CT molecular complexity index is 750. The Morgan fingerprint density at radius 1 is 1.03 bits per heavy atom. The summed E-state index contributed by atoms with van der Waals surface area (Å²) in [5, 5.41) is 3.03. The van der Waals surface area contributed by atoms with Crippen molar-refractivity contribution in [2.24, 2.45) is 5.92 Å². The number of sulfonamides is 1. The predicted octanol–water partition coefficient (Wildman–Crippen LogP) is 2.51. The Labute approximate surface area is 175 Å². The van der Waals surface area contributed by atoms with E-state index in [1.807, 2.05) is 24.3 Å². The smallest absolute Gasteiger partial charge is 0.251 e. The molecular weight excluding hydrogens is 386 g/mol. The first-order valence-electron chi connectivity index (χ1n) is 11.0. The quantitative estimate of drug-likeness (QED) is 0.655. The van der Waals surface area contributed by atoms with Crippen LogP contribution in [-0.2, 0) is 16.4 Å². The molecular formula is C22H35N3O3S. The maximum atomic E-state index is 12.3. The molecule has 0 saturated carbocycles. The van der Waals surface area contributed by atoms with Crippen molar-refractivity contribution in [1.29, 1.82) is 0 Å². The van der Waals surface area contributed by atoms with Gasteiger partial charge in [-0.05, 0) is 81.8 Å². The third-order valence-electron chi connectivity index (χ3n) is 6.17. The number of benzene rings is 1. The van der Waals surface area contributed by atoms with Crippen LogP contribution in [-0.4, -0.2) is 69.1 Å². The Balaban J connectivity index is 1.37. The summed E-state index contributed by atoms with van der Waals surface area (Å²) in [6.07, 6.45) is 8.96. The lowest BCUT2D eigenvalue weighted by molar-refractivity contribution is 0.0951. The van der Waals surface area contributed by atoms with Gasteiger partial charge in [-0.15, -0.1) is 0 Å². The second kappa shape index (κ2) is 10.5. The standard InChI is InChI=1S/C22H35N3O3S/c1-29(27,28)25-16-10-20(11-17-25)18-19-6-8-21(9-7-19)22(26)23-12-5-15-24-13-3-2-4-14-24/h6-9,20H,2-5,10-18H2,1H3,(H,23,26). The molecule has 0 atom stereocenters. The summed E-state index contributed by atoms with van der Waals surface area (Å²) in [6, 6.07) is 7.87. The number of piperidine rings is 2. The largest absolute Gasteiger partial charge is 0.352 e. The average molecular weight is 422 g/mol. The summed E-state index contributed by atoms with van der Waals surface area (Å²) in [5.41, 5.74) is 1.92. The highest BCUT2D eigenvalue weighted by atomic mass is 32.2. The number of hydrogen-bond acceptors (Lipinski definition) is 4. The number of nitrogens with zero attached hydrogens (tertiary/aromatic N) is 2. The molecule has 1 aromatic carbocycles. The molecule has 29 heavy (non-hydrogen) atoms. The number of carbonyl (C=O) groups excluding carboxylic acids is 1. The number of nitrogens with one attached hydrogen (secondary N) is 1. The van der Waals surface area contributed by atoms with E-state index in [1.54, 1.807) is 4.31 Å². The van der Waals surface area contributed by atoms with Crippen LogP contribution in [0.25, 0.3) is 0 Å². The van der Waals surface area contributed by atoms with E-state index in [0.717, 1.165) is 38.8 Å². The van der Waals surface area contributed by atoms with Gasteiger partial charge in [-0.2, -0.15) is 0 Å². The van der Waals surface area contributed by atoms with Gasteiger partial charge in [0.25, 0.3) is 5.91 Å². The molecule has 0 aliphatic carbocycles. The summed E-state index contributed by atoms with van der Waals surface area (Å²) in [5.74, 6) is 0.499. The summed E-state index contributed by atoms with van der Waals surface area (Å²) < 4.78 is 24.8. The van der Waals surface area contributed by atoms with Gasteiger partial charge in [0.05, 0.1) is 6.26 Å². The number of likely N-dealkylation sites (tertiary alicyclic amines) is 1. The zero-order valence-electron chi connectivity index (χ0n) is 17.6. The van der Waals surface area contributed by atoms with Crippen LogP contribution in [0.15, 0.2) is 24.3 Å². The molecule has 2 heterocycles. The number of rotatable bonds is 8. The molecule has 2 aliphatic rings. The summed E-state index contributed by atoms with van der Waals surface area (Å²) in [4.78, 5) is 14.8. The molecule has 0 radical (unpaired) electrons. The molecule has 2 saturated heterocycles. The molecule has 1 aromatic rings. The molecule has 1 N–H and O–H groups in total. The van der Waals surface area contributed by atoms with Crippen LogP contribution in [0.1, 0.15) is 54.4 Å². The van der Waals surface area contributed by atoms with Crippen molar-refractivity contribution in [3.63, 3.8) is 0 Å². The van der Waals surface area contributed by atoms with Crippen LogP contribution in [0.3, 0.4) is 0 Å². The van der Waals surface area contributed by atoms with Gasteiger partial charge in [0.2, 0.25) is 10.0 Å². The summed E-state index contributed by atoms with van der Waals surface area (Å²) in [7, 11) is -3.07. The summed E-state index contributed by atoms with van der Waals surface area (Å²) >= 11 is 0. The molecule has 0 unspecified atom stereocenters. The second-order valence-electron chi connectivity index (χ2n) is 8.52. The van der Waals surface area contributed by atoms with E-state index in [4.69, 9.17) is 0 Å². The Hall–Kier alpha value is -1.44. The van der Waals surface area contributed by atoms with Gasteiger partial charge >= 0.3 is 0 Å². The van der Waals surface area contributed by atoms with Crippen molar-refractivity contribution in [1.82, 2.24) is 14.5 Å². The highest BCUT2D eigenvalue weighted by molar-refractivity contribution is 7.88. The Kier molecular flexibility index (Phi) is 8.09. The van der Waals surface area contributed by atoms with Crippen molar-refractivity contribution in [3.8, 4) is 0 Å². The molecule has 0 aromatic heterocycles. The fraction of sp³-hybridized carbons (Fsp3) is 0.682. The third-order valence-corrected chi connectivity index (χ3v) is 7.47. The van der Waals surface area contributed by atoms with Crippen LogP contribution in [0.4, 0.5) is 0 Å². The first-order chi connectivity index (χ1) is 13.9. The van der Waals surface area contributed by atoms with E-state index in [0.29, 0.717) is 24.6 Å². The normalized spacial score (nSPS) is 19.9. The molecule has 6 nitrogen and oxygen atoms in total. The monoisotopic (exact) mass is 421 g/mol. The number of amides is 1. The molecule has 1 amide bonds. The van der Waals surface area contributed by atoms with Crippen molar-refractivity contribution >= 4 is 15.9 Å². The first kappa shape index (κ1) is 22.2. The van der Waals surface area contributed by atoms with E-state index in [9.17, 15) is 13.2 Å². The molecule has 3 rings (SSSR count). The van der Waals surface area contributed by atoms with Crippen LogP contribution >= 0.6 is 0 Å². The molecule has 2 aliphatic heterocycles. The minimum Gasteiger partial charge on any atom is -0.352 e. The lowest BCUT2D eigenvalue weighted by Gasteiger charge is -2.30. The van der Waals surface area contributed by atoms with Gasteiger partial charge in [-0.3, -0.25) is 4.79 Å². The average Bonchev–Trinajstić information content (AvgIpc) is 2.72. The maximum absolute atomic E-state index is 12.3. The number of hydrogen-bond donors (Lipinski definition) is 1. The van der Waals surface area contributed by atoms with E-state index in [1.165, 1.54) is 44.2 Å². The topological polar surface area (TPSA) is 69.7 Å². The molecule has 2 fully saturated rings. The molecule has 0 bridgehead atoms. The minimum atomic E-state index is -3.07. The first-order valence-corrected chi connectivity index (χ1v) is 12.8. The Morgan fingerprint density at radius 3 is 2.31 bits per heavy atom. The third kappa shape index (κ3) is 7.08. The zero-order valence-corrected chi connectivity index (χ0v) is 18.4. The molecule has 7 heteroatoms. The van der Waals surface area contributed by atoms with E-state index >= 15 is 0 Å². The number of carbonyl (C=O) groups is 1. The fourth-order valence-electron chi connectivity index (χ4n) is 4.36. The maximum Gasteiger partial charge on any atom is 0.251 e. The van der Waals surface area contributed by atoms with Crippen molar-refractivity contribution in [3.05, 3.63) is 35.4 Å². The summed E-state index contributed by atoms with van der Waals surface area (Å²) in [6.45, 7) is 5.40. The van der Waals surface area contributed by atoms with Gasteiger partial charge in [-0.25, -0.2) is 12.7 Å². The fourth-order valence-corrected chi connectivity index (χ4v) is 5.23. The van der Waals surface area contributed by atoms with Crippen molar-refractivity contribution in [2.75, 3.05) is 45.5 Å². The van der Waals surface area contributed by atoms with Crippen molar-refractivity contribution < 1.29 is 13.2 Å². The SMILES string of the molecule is CS(=O)(=O)N1CCC(Cc2ccc(C(=O)NCCCN3CCCCC3)cc2)CC1. The highest BCUT2D eigenvalue weighted by Crippen LogP contribution is 2.23. The van der Waals surface area contributed by atoms with E-state index < -0.39 is 10.0 Å². The molecule has 0 spiro atoms. The minimum absolute atomic E-state index is 0.00310. The lowest BCUT2D eigenvalue weighted by atomic mass is 9.91. The van der Waals surface area contributed by atoms with Crippen LogP contribution in [0.2, 0.25) is 0 Å². The van der Waals surface area contributed by atoms with Crippen molar-refractivity contribution in [2.45, 2.75) is 44.9 Å². The van der Waals surface area contributed by atoms with Gasteiger partial charge in [0.1, 0.15) is 0 Å². The van der Waals surface area contributed by atoms with Gasteiger partial charge < -0.3 is 10.2 Å². The van der Waals surface area contributed by atoms with Gasteiger partial charge in [0.15, 0.2) is 0 Å². The lowest BCUT2D eigenvalue weighted by Crippen LogP contribution is -2.38. The second-order valence-corrected chi connectivity index (χ2v) is 10.5. The predicted molar refractivity (Wildman–Crippen MR) is 117 cm³/mol.